The molecule has 0 aliphatic heterocycles. The molecule has 0 bridgehead atoms. The Balaban J connectivity index is 2.04. The van der Waals surface area contributed by atoms with E-state index in [1.54, 1.807) is 6.07 Å². The van der Waals surface area contributed by atoms with Crippen molar-refractivity contribution in [3.63, 3.8) is 0 Å². The van der Waals surface area contributed by atoms with Gasteiger partial charge in [0.2, 0.25) is 0 Å². The molecule has 0 amide bonds. The largest absolute Gasteiger partial charge is 0.508 e. The molecule has 1 aliphatic carbocycles. The van der Waals surface area contributed by atoms with Gasteiger partial charge in [0.05, 0.1) is 21.6 Å². The van der Waals surface area contributed by atoms with E-state index in [9.17, 15) is 9.50 Å². The van der Waals surface area contributed by atoms with Crippen LogP contribution < -0.4 is 0 Å². The van der Waals surface area contributed by atoms with E-state index in [0.717, 1.165) is 29.9 Å². The smallest absolute Gasteiger partial charge is 0.144 e. The van der Waals surface area contributed by atoms with Crippen LogP contribution >= 0.6 is 11.6 Å². The van der Waals surface area contributed by atoms with Crippen LogP contribution in [0.4, 0.5) is 4.39 Å². The van der Waals surface area contributed by atoms with Gasteiger partial charge in [0.1, 0.15) is 17.4 Å². The predicted octanol–water partition coefficient (Wildman–Crippen LogP) is 4.54. The Morgan fingerprint density at radius 3 is 2.76 bits per heavy atom. The van der Waals surface area contributed by atoms with Crippen molar-refractivity contribution < 1.29 is 9.50 Å². The van der Waals surface area contributed by atoms with Crippen LogP contribution in [0.2, 0.25) is 5.02 Å². The van der Waals surface area contributed by atoms with Crippen molar-refractivity contribution in [3.8, 4) is 17.1 Å². The summed E-state index contributed by atoms with van der Waals surface area (Å²) in [6, 6.07) is 9.98. The summed E-state index contributed by atoms with van der Waals surface area (Å²) in [5, 5.41) is 9.99. The van der Waals surface area contributed by atoms with Crippen molar-refractivity contribution in [1.82, 2.24) is 9.55 Å². The topological polar surface area (TPSA) is 38.1 Å². The van der Waals surface area contributed by atoms with Crippen molar-refractivity contribution in [2.24, 2.45) is 0 Å². The lowest BCUT2D eigenvalue weighted by molar-refractivity contribution is 0.469. The lowest BCUT2D eigenvalue weighted by Gasteiger charge is -2.09. The van der Waals surface area contributed by atoms with Gasteiger partial charge in [-0.3, -0.25) is 0 Å². The molecule has 1 fully saturated rings. The summed E-state index contributed by atoms with van der Waals surface area (Å²) in [6.07, 6.45) is 2.09. The molecule has 0 atom stereocenters. The van der Waals surface area contributed by atoms with Gasteiger partial charge in [0, 0.05) is 12.1 Å². The summed E-state index contributed by atoms with van der Waals surface area (Å²) in [5.41, 5.74) is 1.99. The van der Waals surface area contributed by atoms with E-state index in [4.69, 9.17) is 11.6 Å². The molecule has 0 radical (unpaired) electrons. The van der Waals surface area contributed by atoms with Gasteiger partial charge in [-0.25, -0.2) is 9.37 Å². The minimum atomic E-state index is -0.483. The van der Waals surface area contributed by atoms with Crippen LogP contribution in [-0.2, 0) is 0 Å². The predicted molar refractivity (Wildman–Crippen MR) is 80.1 cm³/mol. The number of imidazole rings is 1. The Hall–Kier alpha value is -2.07. The first kappa shape index (κ1) is 12.7. The highest BCUT2D eigenvalue weighted by Crippen LogP contribution is 2.43. The second-order valence-corrected chi connectivity index (χ2v) is 5.72. The lowest BCUT2D eigenvalue weighted by atomic mass is 10.2. The van der Waals surface area contributed by atoms with Crippen LogP contribution in [0.25, 0.3) is 22.4 Å². The molecule has 5 heteroatoms. The number of phenolic OH excluding ortho intramolecular Hbond substituents is 1. The van der Waals surface area contributed by atoms with Gasteiger partial charge in [-0.2, -0.15) is 0 Å². The fourth-order valence-corrected chi connectivity index (χ4v) is 2.93. The second-order valence-electron chi connectivity index (χ2n) is 5.31. The average Bonchev–Trinajstić information content (AvgIpc) is 3.20. The standard InChI is InChI=1S/C16H12ClFN2O/c17-12-2-1-3-14-15(12)20(9-4-5-9)16(19-14)11-7-6-10(21)8-13(11)18/h1-3,6-9,21H,4-5H2. The monoisotopic (exact) mass is 302 g/mol. The Morgan fingerprint density at radius 2 is 2.05 bits per heavy atom. The number of para-hydroxylation sites is 1. The molecule has 1 N–H and O–H groups in total. The van der Waals surface area contributed by atoms with E-state index in [-0.39, 0.29) is 5.75 Å². The quantitative estimate of drug-likeness (QED) is 0.755. The van der Waals surface area contributed by atoms with Gasteiger partial charge in [-0.15, -0.1) is 0 Å². The van der Waals surface area contributed by atoms with E-state index in [2.05, 4.69) is 4.98 Å². The third kappa shape index (κ3) is 1.98. The minimum absolute atomic E-state index is 0.0941. The Kier molecular flexibility index (Phi) is 2.69. The molecule has 1 aliphatic rings. The molecule has 3 aromatic rings. The molecular weight excluding hydrogens is 291 g/mol. The molecule has 1 heterocycles. The molecule has 4 rings (SSSR count). The number of aromatic nitrogens is 2. The fourth-order valence-electron chi connectivity index (χ4n) is 2.67. The van der Waals surface area contributed by atoms with Crippen molar-refractivity contribution >= 4 is 22.6 Å². The molecule has 0 unspecified atom stereocenters. The number of fused-ring (bicyclic) bond motifs is 1. The maximum absolute atomic E-state index is 14.2. The lowest BCUT2D eigenvalue weighted by Crippen LogP contribution is -1.99. The molecule has 1 aromatic heterocycles. The maximum Gasteiger partial charge on any atom is 0.144 e. The Labute approximate surface area is 125 Å². The third-order valence-electron chi connectivity index (χ3n) is 3.77. The van der Waals surface area contributed by atoms with E-state index >= 15 is 0 Å². The third-order valence-corrected chi connectivity index (χ3v) is 4.07. The number of halogens is 2. The highest BCUT2D eigenvalue weighted by atomic mass is 35.5. The zero-order chi connectivity index (χ0) is 14.6. The summed E-state index contributed by atoms with van der Waals surface area (Å²) in [5.74, 6) is -0.00945. The van der Waals surface area contributed by atoms with E-state index < -0.39 is 5.82 Å². The van der Waals surface area contributed by atoms with Gasteiger partial charge in [0.15, 0.2) is 0 Å². The van der Waals surface area contributed by atoms with Gasteiger partial charge in [-0.05, 0) is 37.1 Å². The first-order valence-electron chi connectivity index (χ1n) is 6.80. The summed E-state index contributed by atoms with van der Waals surface area (Å²) < 4.78 is 16.2. The number of phenols is 1. The first-order chi connectivity index (χ1) is 10.1. The van der Waals surface area contributed by atoms with Gasteiger partial charge < -0.3 is 9.67 Å². The number of rotatable bonds is 2. The Morgan fingerprint density at radius 1 is 1.24 bits per heavy atom. The van der Waals surface area contributed by atoms with Crippen LogP contribution in [0.15, 0.2) is 36.4 Å². The first-order valence-corrected chi connectivity index (χ1v) is 7.18. The second kappa shape index (κ2) is 4.46. The minimum Gasteiger partial charge on any atom is -0.508 e. The van der Waals surface area contributed by atoms with E-state index in [1.165, 1.54) is 6.07 Å². The average molecular weight is 303 g/mol. The van der Waals surface area contributed by atoms with Crippen LogP contribution in [0.5, 0.6) is 5.75 Å². The van der Waals surface area contributed by atoms with Crippen molar-refractivity contribution in [3.05, 3.63) is 47.2 Å². The van der Waals surface area contributed by atoms with E-state index in [1.807, 2.05) is 22.8 Å². The molecule has 3 nitrogen and oxygen atoms in total. The van der Waals surface area contributed by atoms with Crippen LogP contribution in [0, 0.1) is 5.82 Å². The summed E-state index contributed by atoms with van der Waals surface area (Å²) >= 11 is 6.31. The van der Waals surface area contributed by atoms with Gasteiger partial charge in [-0.1, -0.05) is 17.7 Å². The van der Waals surface area contributed by atoms with Crippen molar-refractivity contribution in [2.75, 3.05) is 0 Å². The van der Waals surface area contributed by atoms with Crippen molar-refractivity contribution in [1.29, 1.82) is 0 Å². The molecule has 106 valence electrons. The zero-order valence-electron chi connectivity index (χ0n) is 11.1. The highest BCUT2D eigenvalue weighted by Gasteiger charge is 2.30. The molecule has 21 heavy (non-hydrogen) atoms. The Bertz CT molecular complexity index is 855. The summed E-state index contributed by atoms with van der Waals surface area (Å²) in [4.78, 5) is 4.55. The maximum atomic E-state index is 14.2. The number of hydrogen-bond acceptors (Lipinski definition) is 2. The molecule has 1 saturated carbocycles. The number of hydrogen-bond donors (Lipinski definition) is 1. The number of nitrogens with zero attached hydrogens (tertiary/aromatic N) is 2. The number of benzene rings is 2. The SMILES string of the molecule is Oc1ccc(-c2nc3cccc(Cl)c3n2C2CC2)c(F)c1. The normalized spacial score (nSPS) is 14.8. The van der Waals surface area contributed by atoms with E-state index in [0.29, 0.717) is 22.5 Å². The summed E-state index contributed by atoms with van der Waals surface area (Å²) in [7, 11) is 0. The van der Waals surface area contributed by atoms with Crippen LogP contribution in [-0.4, -0.2) is 14.7 Å². The fraction of sp³-hybridized carbons (Fsp3) is 0.188. The molecule has 0 spiro atoms. The highest BCUT2D eigenvalue weighted by molar-refractivity contribution is 6.35. The number of aromatic hydroxyl groups is 1. The van der Waals surface area contributed by atoms with Crippen molar-refractivity contribution in [2.45, 2.75) is 18.9 Å². The van der Waals surface area contributed by atoms with Crippen LogP contribution in [0.1, 0.15) is 18.9 Å². The van der Waals surface area contributed by atoms with Gasteiger partial charge >= 0.3 is 0 Å². The summed E-state index contributed by atoms with van der Waals surface area (Å²) in [6.45, 7) is 0. The molecule has 2 aromatic carbocycles. The zero-order valence-corrected chi connectivity index (χ0v) is 11.8. The van der Waals surface area contributed by atoms with Crippen LogP contribution in [0.3, 0.4) is 0 Å². The molecule has 0 saturated heterocycles. The molecular formula is C16H12ClFN2O. The van der Waals surface area contributed by atoms with Gasteiger partial charge in [0.25, 0.3) is 0 Å².